The van der Waals surface area contributed by atoms with Gasteiger partial charge in [0, 0.05) is 39.4 Å². The summed E-state index contributed by atoms with van der Waals surface area (Å²) < 4.78 is 16.6. The van der Waals surface area contributed by atoms with E-state index in [9.17, 15) is 4.79 Å². The molecule has 1 atom stereocenters. The van der Waals surface area contributed by atoms with Crippen molar-refractivity contribution in [2.45, 2.75) is 38.2 Å². The maximum Gasteiger partial charge on any atom is 0.255 e. The fraction of sp³-hybridized carbons (Fsp3) is 0.609. The second-order valence-electron chi connectivity index (χ2n) is 7.88. The average Bonchev–Trinajstić information content (AvgIpc) is 2.76. The molecule has 0 radical (unpaired) electrons. The van der Waals surface area contributed by atoms with Crippen LogP contribution in [0.15, 0.2) is 30.4 Å². The predicted octanol–water partition coefficient (Wildman–Crippen LogP) is 3.27. The van der Waals surface area contributed by atoms with Crippen molar-refractivity contribution in [1.82, 2.24) is 10.2 Å². The normalized spacial score (nSPS) is 20.4. The number of amides is 1. The molecule has 2 aliphatic rings. The maximum absolute atomic E-state index is 12.6. The Hall–Kier alpha value is -2.05. The maximum atomic E-state index is 12.6. The molecule has 0 aromatic heterocycles. The van der Waals surface area contributed by atoms with Gasteiger partial charge in [-0.1, -0.05) is 12.2 Å². The van der Waals surface area contributed by atoms with E-state index in [1.54, 1.807) is 26.4 Å². The number of allylic oxidation sites excluding steroid dienone is 2. The molecule has 1 aliphatic carbocycles. The number of carbonyl (C=O) groups excluding carboxylic acids is 1. The number of hydrogen-bond acceptors (Lipinski definition) is 5. The molecule has 1 amide bonds. The van der Waals surface area contributed by atoms with Gasteiger partial charge in [0.2, 0.25) is 0 Å². The summed E-state index contributed by atoms with van der Waals surface area (Å²) >= 11 is 0. The number of piperidine rings is 1. The van der Waals surface area contributed by atoms with Gasteiger partial charge in [0.1, 0.15) is 17.6 Å². The molecule has 0 spiro atoms. The zero-order chi connectivity index (χ0) is 20.5. The zero-order valence-electron chi connectivity index (χ0n) is 17.7. The molecular formula is C23H34N2O4. The first kappa shape index (κ1) is 21.7. The van der Waals surface area contributed by atoms with E-state index < -0.39 is 0 Å². The quantitative estimate of drug-likeness (QED) is 0.507. The molecule has 0 saturated carbocycles. The molecule has 3 rings (SSSR count). The predicted molar refractivity (Wildman–Crippen MR) is 114 cm³/mol. The molecule has 6 nitrogen and oxygen atoms in total. The van der Waals surface area contributed by atoms with Crippen LogP contribution in [-0.2, 0) is 4.74 Å². The first-order valence-electron chi connectivity index (χ1n) is 10.7. The third-order valence-corrected chi connectivity index (χ3v) is 5.75. The van der Waals surface area contributed by atoms with Gasteiger partial charge in [-0.2, -0.15) is 0 Å². The van der Waals surface area contributed by atoms with Crippen LogP contribution in [0, 0.1) is 5.92 Å². The molecule has 1 aromatic carbocycles. The molecule has 6 heteroatoms. The highest BCUT2D eigenvalue weighted by molar-refractivity contribution is 5.97. The molecular weight excluding hydrogens is 368 g/mol. The molecule has 160 valence electrons. The second-order valence-corrected chi connectivity index (χ2v) is 7.88. The van der Waals surface area contributed by atoms with Crippen LogP contribution in [0.25, 0.3) is 0 Å². The number of nitrogens with one attached hydrogen (secondary N) is 1. The SMILES string of the molecule is COCCNC(=O)c1ccc(OC)cc1OC1CCN(C[C@@H]2CC=CCC2)CC1. The number of methoxy groups -OCH3 is 2. The molecule has 1 aliphatic heterocycles. The smallest absolute Gasteiger partial charge is 0.255 e. The summed E-state index contributed by atoms with van der Waals surface area (Å²) in [4.78, 5) is 15.1. The number of nitrogens with zero attached hydrogens (tertiary/aromatic N) is 1. The van der Waals surface area contributed by atoms with Gasteiger partial charge in [-0.05, 0) is 50.2 Å². The Morgan fingerprint density at radius 2 is 2.00 bits per heavy atom. The van der Waals surface area contributed by atoms with Gasteiger partial charge in [-0.3, -0.25) is 4.79 Å². The standard InChI is InChI=1S/C23H34N2O4/c1-27-15-12-24-23(26)21-9-8-20(28-2)16-22(21)29-19-10-13-25(14-11-19)17-18-6-4-3-5-7-18/h3-4,8-9,16,18-19H,5-7,10-15,17H2,1-2H3,(H,24,26)/t18-/m1/s1. The van der Waals surface area contributed by atoms with Crippen LogP contribution in [0.3, 0.4) is 0 Å². The lowest BCUT2D eigenvalue weighted by Gasteiger charge is -2.35. The Balaban J connectivity index is 1.56. The summed E-state index contributed by atoms with van der Waals surface area (Å²) in [5, 5.41) is 2.87. The van der Waals surface area contributed by atoms with Gasteiger partial charge in [0.15, 0.2) is 0 Å². The zero-order valence-corrected chi connectivity index (χ0v) is 17.7. The Morgan fingerprint density at radius 3 is 2.69 bits per heavy atom. The Labute approximate surface area is 174 Å². The first-order valence-corrected chi connectivity index (χ1v) is 10.7. The highest BCUT2D eigenvalue weighted by atomic mass is 16.5. The first-order chi connectivity index (χ1) is 14.2. The summed E-state index contributed by atoms with van der Waals surface area (Å²) in [6.45, 7) is 4.22. The van der Waals surface area contributed by atoms with Crippen molar-refractivity contribution in [3.05, 3.63) is 35.9 Å². The average molecular weight is 403 g/mol. The van der Waals surface area contributed by atoms with Gasteiger partial charge in [-0.15, -0.1) is 0 Å². The van der Waals surface area contributed by atoms with Crippen LogP contribution < -0.4 is 14.8 Å². The van der Waals surface area contributed by atoms with E-state index in [1.165, 1.54) is 25.8 Å². The van der Waals surface area contributed by atoms with E-state index in [1.807, 2.05) is 6.07 Å². The second kappa shape index (κ2) is 11.2. The summed E-state index contributed by atoms with van der Waals surface area (Å²) in [6, 6.07) is 5.37. The highest BCUT2D eigenvalue weighted by Gasteiger charge is 2.24. The lowest BCUT2D eigenvalue weighted by molar-refractivity contribution is 0.0849. The van der Waals surface area contributed by atoms with E-state index in [0.717, 1.165) is 31.8 Å². The molecule has 1 N–H and O–H groups in total. The monoisotopic (exact) mass is 402 g/mol. The van der Waals surface area contributed by atoms with Crippen LogP contribution in [0.2, 0.25) is 0 Å². The molecule has 1 fully saturated rings. The van der Waals surface area contributed by atoms with Crippen LogP contribution in [-0.4, -0.2) is 63.9 Å². The number of ether oxygens (including phenoxy) is 3. The van der Waals surface area contributed by atoms with Crippen LogP contribution in [0.4, 0.5) is 0 Å². The van der Waals surface area contributed by atoms with E-state index in [-0.39, 0.29) is 12.0 Å². The third kappa shape index (κ3) is 6.47. The minimum atomic E-state index is -0.150. The van der Waals surface area contributed by atoms with Gasteiger partial charge >= 0.3 is 0 Å². The van der Waals surface area contributed by atoms with Crippen molar-refractivity contribution in [2.75, 3.05) is 47.0 Å². The number of rotatable bonds is 9. The van der Waals surface area contributed by atoms with Crippen LogP contribution in [0.1, 0.15) is 42.5 Å². The minimum Gasteiger partial charge on any atom is -0.497 e. The lowest BCUT2D eigenvalue weighted by atomic mass is 9.93. The summed E-state index contributed by atoms with van der Waals surface area (Å²) in [5.41, 5.74) is 0.540. The van der Waals surface area contributed by atoms with Crippen molar-refractivity contribution < 1.29 is 19.0 Å². The molecule has 1 heterocycles. The van der Waals surface area contributed by atoms with E-state index in [0.29, 0.717) is 30.2 Å². The minimum absolute atomic E-state index is 0.120. The summed E-state index contributed by atoms with van der Waals surface area (Å²) in [7, 11) is 3.24. The van der Waals surface area contributed by atoms with Gasteiger partial charge in [-0.25, -0.2) is 0 Å². The van der Waals surface area contributed by atoms with Gasteiger partial charge < -0.3 is 24.4 Å². The summed E-state index contributed by atoms with van der Waals surface area (Å²) in [6.07, 6.45) is 10.4. The van der Waals surface area contributed by atoms with E-state index in [4.69, 9.17) is 14.2 Å². The highest BCUT2D eigenvalue weighted by Crippen LogP contribution is 2.28. The van der Waals surface area contributed by atoms with Crippen molar-refractivity contribution in [1.29, 1.82) is 0 Å². The van der Waals surface area contributed by atoms with E-state index >= 15 is 0 Å². The molecule has 1 saturated heterocycles. The van der Waals surface area contributed by atoms with E-state index in [2.05, 4.69) is 22.4 Å². The Morgan fingerprint density at radius 1 is 1.17 bits per heavy atom. The fourth-order valence-electron chi connectivity index (χ4n) is 4.05. The van der Waals surface area contributed by atoms with Gasteiger partial charge in [0.05, 0.1) is 19.3 Å². The number of likely N-dealkylation sites (tertiary alicyclic amines) is 1. The van der Waals surface area contributed by atoms with Gasteiger partial charge in [0.25, 0.3) is 5.91 Å². The number of hydrogen-bond donors (Lipinski definition) is 1. The fourth-order valence-corrected chi connectivity index (χ4v) is 4.05. The largest absolute Gasteiger partial charge is 0.497 e. The van der Waals surface area contributed by atoms with Crippen molar-refractivity contribution in [3.63, 3.8) is 0 Å². The summed E-state index contributed by atoms with van der Waals surface area (Å²) in [5.74, 6) is 1.92. The van der Waals surface area contributed by atoms with Crippen LogP contribution >= 0.6 is 0 Å². The third-order valence-electron chi connectivity index (χ3n) is 5.75. The molecule has 0 unspecified atom stereocenters. The Kier molecular flexibility index (Phi) is 8.38. The topological polar surface area (TPSA) is 60.0 Å². The number of carbonyl (C=O) groups is 1. The number of benzene rings is 1. The Bertz CT molecular complexity index is 683. The van der Waals surface area contributed by atoms with Crippen LogP contribution in [0.5, 0.6) is 11.5 Å². The molecule has 0 bridgehead atoms. The van der Waals surface area contributed by atoms with Crippen molar-refractivity contribution in [2.24, 2.45) is 5.92 Å². The van der Waals surface area contributed by atoms with Crippen molar-refractivity contribution >= 4 is 5.91 Å². The van der Waals surface area contributed by atoms with Crippen molar-refractivity contribution in [3.8, 4) is 11.5 Å². The molecule has 29 heavy (non-hydrogen) atoms. The lowest BCUT2D eigenvalue weighted by Crippen LogP contribution is -2.41. The molecule has 1 aromatic rings.